The van der Waals surface area contributed by atoms with E-state index in [1.54, 1.807) is 0 Å². The molecule has 2 aliphatic carbocycles. The fourth-order valence-corrected chi connectivity index (χ4v) is 4.82. The smallest absolute Gasteiger partial charge is 0.311 e. The Bertz CT molecular complexity index is 464. The SMILES string of the molecule is COC(=O)C1C[C@@]2(C)[C@H](CCCC23OCC(C)(C)CO3)CC1O. The standard InChI is InChI=1S/C18H30O5/c1-16(2)10-22-18(23-11-16)7-5-6-12-8-14(19)13(15(20)21-4)9-17(12,18)3/h12-14,19H,5-11H2,1-4H3/t12-,13?,14?,17+/m1/s1. The normalized spacial score (nSPS) is 42.0. The molecule has 3 rings (SSSR count). The Morgan fingerprint density at radius 1 is 1.22 bits per heavy atom. The van der Waals surface area contributed by atoms with Gasteiger partial charge in [-0.1, -0.05) is 20.8 Å². The zero-order valence-corrected chi connectivity index (χ0v) is 14.8. The largest absolute Gasteiger partial charge is 0.469 e. The Morgan fingerprint density at radius 3 is 2.48 bits per heavy atom. The van der Waals surface area contributed by atoms with Gasteiger partial charge in [-0.3, -0.25) is 4.79 Å². The quantitative estimate of drug-likeness (QED) is 0.750. The fraction of sp³-hybridized carbons (Fsp3) is 0.944. The van der Waals surface area contributed by atoms with E-state index in [0.717, 1.165) is 19.3 Å². The molecule has 23 heavy (non-hydrogen) atoms. The van der Waals surface area contributed by atoms with E-state index >= 15 is 0 Å². The van der Waals surface area contributed by atoms with Gasteiger partial charge in [0.05, 0.1) is 32.3 Å². The number of aliphatic hydroxyl groups excluding tert-OH is 1. The Labute approximate surface area is 138 Å². The van der Waals surface area contributed by atoms with Crippen molar-refractivity contribution < 1.29 is 24.1 Å². The molecule has 0 aromatic carbocycles. The molecule has 0 aromatic rings. The van der Waals surface area contributed by atoms with Crippen LogP contribution in [-0.4, -0.2) is 43.3 Å². The minimum absolute atomic E-state index is 0.0183. The Balaban J connectivity index is 1.89. The summed E-state index contributed by atoms with van der Waals surface area (Å²) in [6.07, 6.45) is 3.51. The van der Waals surface area contributed by atoms with Gasteiger partial charge in [-0.2, -0.15) is 0 Å². The first-order chi connectivity index (χ1) is 10.7. The van der Waals surface area contributed by atoms with E-state index in [2.05, 4.69) is 20.8 Å². The zero-order chi connectivity index (χ0) is 16.9. The molecule has 1 spiro atoms. The number of hydrogen-bond donors (Lipinski definition) is 1. The summed E-state index contributed by atoms with van der Waals surface area (Å²) in [5.41, 5.74) is -0.246. The van der Waals surface area contributed by atoms with Crippen LogP contribution in [0.2, 0.25) is 0 Å². The maximum absolute atomic E-state index is 12.1. The number of esters is 1. The van der Waals surface area contributed by atoms with Gasteiger partial charge in [-0.05, 0) is 31.6 Å². The lowest BCUT2D eigenvalue weighted by atomic mass is 9.54. The molecule has 1 heterocycles. The molecular formula is C18H30O5. The highest BCUT2D eigenvalue weighted by Gasteiger charge is 2.62. The van der Waals surface area contributed by atoms with Gasteiger partial charge in [-0.25, -0.2) is 0 Å². The molecule has 3 aliphatic rings. The van der Waals surface area contributed by atoms with Crippen LogP contribution in [0.1, 0.15) is 52.9 Å². The summed E-state index contributed by atoms with van der Waals surface area (Å²) >= 11 is 0. The topological polar surface area (TPSA) is 65.0 Å². The van der Waals surface area contributed by atoms with E-state index in [0.29, 0.717) is 32.0 Å². The molecule has 0 bridgehead atoms. The van der Waals surface area contributed by atoms with Crippen molar-refractivity contribution in [2.75, 3.05) is 20.3 Å². The second-order valence-corrected chi connectivity index (χ2v) is 8.64. The molecule has 0 amide bonds. The van der Waals surface area contributed by atoms with Crippen molar-refractivity contribution in [2.24, 2.45) is 22.7 Å². The number of fused-ring (bicyclic) bond motifs is 2. The maximum Gasteiger partial charge on any atom is 0.311 e. The minimum atomic E-state index is -0.629. The number of rotatable bonds is 1. The Kier molecular flexibility index (Phi) is 4.27. The summed E-state index contributed by atoms with van der Waals surface area (Å²) in [6, 6.07) is 0. The molecule has 5 heteroatoms. The number of aliphatic hydroxyl groups is 1. The first-order valence-electron chi connectivity index (χ1n) is 8.77. The van der Waals surface area contributed by atoms with Gasteiger partial charge in [0, 0.05) is 17.3 Å². The third-order valence-corrected chi connectivity index (χ3v) is 6.36. The molecule has 1 N–H and O–H groups in total. The molecule has 1 saturated heterocycles. The number of carbonyl (C=O) groups excluding carboxylic acids is 1. The van der Waals surface area contributed by atoms with E-state index in [9.17, 15) is 9.90 Å². The van der Waals surface area contributed by atoms with Crippen molar-refractivity contribution >= 4 is 5.97 Å². The van der Waals surface area contributed by atoms with Gasteiger partial charge in [0.2, 0.25) is 0 Å². The van der Waals surface area contributed by atoms with Crippen molar-refractivity contribution in [3.05, 3.63) is 0 Å². The molecule has 4 atom stereocenters. The zero-order valence-electron chi connectivity index (χ0n) is 14.8. The lowest BCUT2D eigenvalue weighted by Crippen LogP contribution is -2.64. The molecule has 132 valence electrons. The molecule has 1 aliphatic heterocycles. The van der Waals surface area contributed by atoms with E-state index in [1.165, 1.54) is 7.11 Å². The predicted octanol–water partition coefficient (Wildman–Crippen LogP) is 2.51. The first kappa shape index (κ1) is 17.2. The van der Waals surface area contributed by atoms with Crippen LogP contribution in [0.5, 0.6) is 0 Å². The van der Waals surface area contributed by atoms with E-state index in [1.807, 2.05) is 0 Å². The molecule has 2 unspecified atom stereocenters. The summed E-state index contributed by atoms with van der Waals surface area (Å²) in [5.74, 6) is -1.13. The molecule has 0 radical (unpaired) electrons. The van der Waals surface area contributed by atoms with Crippen LogP contribution in [0.25, 0.3) is 0 Å². The van der Waals surface area contributed by atoms with Gasteiger partial charge in [0.1, 0.15) is 0 Å². The van der Waals surface area contributed by atoms with Crippen molar-refractivity contribution in [2.45, 2.75) is 64.8 Å². The van der Waals surface area contributed by atoms with Crippen molar-refractivity contribution in [1.82, 2.24) is 0 Å². The van der Waals surface area contributed by atoms with Gasteiger partial charge >= 0.3 is 5.97 Å². The summed E-state index contributed by atoms with van der Waals surface area (Å²) in [6.45, 7) is 7.80. The molecule has 5 nitrogen and oxygen atoms in total. The fourth-order valence-electron chi connectivity index (χ4n) is 4.82. The average Bonchev–Trinajstić information content (AvgIpc) is 2.51. The summed E-state index contributed by atoms with van der Waals surface area (Å²) < 4.78 is 17.6. The predicted molar refractivity (Wildman–Crippen MR) is 84.6 cm³/mol. The molecular weight excluding hydrogens is 296 g/mol. The van der Waals surface area contributed by atoms with Gasteiger partial charge in [-0.15, -0.1) is 0 Å². The summed E-state index contributed by atoms with van der Waals surface area (Å²) in [5, 5.41) is 10.4. The molecule has 0 aromatic heterocycles. The first-order valence-corrected chi connectivity index (χ1v) is 8.77. The van der Waals surface area contributed by atoms with Gasteiger partial charge in [0.25, 0.3) is 0 Å². The monoisotopic (exact) mass is 326 g/mol. The van der Waals surface area contributed by atoms with Crippen molar-refractivity contribution in [1.29, 1.82) is 0 Å². The lowest BCUT2D eigenvalue weighted by Gasteiger charge is -2.61. The number of hydrogen-bond acceptors (Lipinski definition) is 5. The van der Waals surface area contributed by atoms with Crippen LogP contribution in [0.4, 0.5) is 0 Å². The third kappa shape index (κ3) is 2.71. The molecule has 3 fully saturated rings. The van der Waals surface area contributed by atoms with E-state index in [-0.39, 0.29) is 16.8 Å². The number of ether oxygens (including phenoxy) is 3. The van der Waals surface area contributed by atoms with Crippen LogP contribution < -0.4 is 0 Å². The number of carbonyl (C=O) groups is 1. The van der Waals surface area contributed by atoms with Crippen molar-refractivity contribution in [3.8, 4) is 0 Å². The van der Waals surface area contributed by atoms with Crippen LogP contribution in [-0.2, 0) is 19.0 Å². The van der Waals surface area contributed by atoms with Crippen molar-refractivity contribution in [3.63, 3.8) is 0 Å². The molecule has 2 saturated carbocycles. The van der Waals surface area contributed by atoms with E-state index < -0.39 is 17.8 Å². The lowest BCUT2D eigenvalue weighted by molar-refractivity contribution is -0.374. The van der Waals surface area contributed by atoms with Gasteiger partial charge in [0.15, 0.2) is 5.79 Å². The van der Waals surface area contributed by atoms with Gasteiger partial charge < -0.3 is 19.3 Å². The average molecular weight is 326 g/mol. The van der Waals surface area contributed by atoms with Crippen LogP contribution in [0.3, 0.4) is 0 Å². The Hall–Kier alpha value is -0.650. The second-order valence-electron chi connectivity index (χ2n) is 8.64. The highest BCUT2D eigenvalue weighted by atomic mass is 16.7. The number of methoxy groups -OCH3 is 1. The highest BCUT2D eigenvalue weighted by Crippen LogP contribution is 2.60. The summed E-state index contributed by atoms with van der Waals surface area (Å²) in [7, 11) is 1.39. The maximum atomic E-state index is 12.1. The van der Waals surface area contributed by atoms with E-state index in [4.69, 9.17) is 14.2 Å². The summed E-state index contributed by atoms with van der Waals surface area (Å²) in [4.78, 5) is 12.1. The second kappa shape index (κ2) is 5.71. The van der Waals surface area contributed by atoms with Crippen LogP contribution >= 0.6 is 0 Å². The third-order valence-electron chi connectivity index (χ3n) is 6.36. The minimum Gasteiger partial charge on any atom is -0.469 e. The van der Waals surface area contributed by atoms with Crippen LogP contribution in [0, 0.1) is 22.7 Å². The van der Waals surface area contributed by atoms with Crippen LogP contribution in [0.15, 0.2) is 0 Å². The highest BCUT2D eigenvalue weighted by molar-refractivity contribution is 5.73. The Morgan fingerprint density at radius 2 is 1.87 bits per heavy atom.